The van der Waals surface area contributed by atoms with Crippen LogP contribution in [0.3, 0.4) is 0 Å². The summed E-state index contributed by atoms with van der Waals surface area (Å²) in [7, 11) is -8.06. The zero-order chi connectivity index (χ0) is 11.2. The molecule has 82 valence electrons. The van der Waals surface area contributed by atoms with Crippen molar-refractivity contribution >= 4 is 20.2 Å². The highest BCUT2D eigenvalue weighted by molar-refractivity contribution is 7.86. The van der Waals surface area contributed by atoms with E-state index in [-0.39, 0.29) is 0 Å². The van der Waals surface area contributed by atoms with Gasteiger partial charge in [-0.3, -0.25) is 9.11 Å². The quantitative estimate of drug-likeness (QED) is 0.513. The summed E-state index contributed by atoms with van der Waals surface area (Å²) in [4.78, 5) is 0. The van der Waals surface area contributed by atoms with E-state index in [1.807, 2.05) is 0 Å². The average molecular weight is 242 g/mol. The van der Waals surface area contributed by atoms with Crippen LogP contribution in [0.2, 0.25) is 0 Å². The summed E-state index contributed by atoms with van der Waals surface area (Å²) < 4.78 is 57.2. The molecule has 0 aromatic rings. The Kier molecular flexibility index (Phi) is 4.99. The molecule has 2 N–H and O–H groups in total. The number of allylic oxidation sites excluding steroid dienone is 2. The highest BCUT2D eigenvalue weighted by Crippen LogP contribution is 1.87. The first-order valence-electron chi connectivity index (χ1n) is 3.43. The van der Waals surface area contributed by atoms with Gasteiger partial charge >= 0.3 is 0 Å². The minimum atomic E-state index is -4.03. The van der Waals surface area contributed by atoms with Crippen LogP contribution in [-0.2, 0) is 20.2 Å². The lowest BCUT2D eigenvalue weighted by molar-refractivity contribution is 0.484. The molecule has 0 aromatic heterocycles. The van der Waals surface area contributed by atoms with Crippen molar-refractivity contribution < 1.29 is 25.9 Å². The fourth-order valence-corrected chi connectivity index (χ4v) is 1.22. The summed E-state index contributed by atoms with van der Waals surface area (Å²) in [6, 6.07) is 0. The van der Waals surface area contributed by atoms with Crippen LogP contribution in [-0.4, -0.2) is 37.4 Å². The standard InChI is InChI=1S/C6H10O6S2/c7-13(8,9)5-3-1-2-4-6-14(10,11)12/h1-4H,5-6H2,(H,7,8,9)(H,10,11,12). The molecule has 0 radical (unpaired) electrons. The zero-order valence-corrected chi connectivity index (χ0v) is 8.70. The first-order valence-corrected chi connectivity index (χ1v) is 6.64. The van der Waals surface area contributed by atoms with Crippen molar-refractivity contribution in [2.24, 2.45) is 0 Å². The van der Waals surface area contributed by atoms with Crippen LogP contribution in [0.5, 0.6) is 0 Å². The maximum absolute atomic E-state index is 10.2. The summed E-state index contributed by atoms with van der Waals surface area (Å²) in [5.41, 5.74) is 0. The topological polar surface area (TPSA) is 109 Å². The highest BCUT2D eigenvalue weighted by atomic mass is 32.2. The molecule has 0 saturated carbocycles. The van der Waals surface area contributed by atoms with Gasteiger partial charge in [0.15, 0.2) is 0 Å². The number of rotatable bonds is 5. The Bertz CT molecular complexity index is 371. The van der Waals surface area contributed by atoms with Crippen LogP contribution in [0.25, 0.3) is 0 Å². The Hall–Kier alpha value is -0.700. The van der Waals surface area contributed by atoms with Gasteiger partial charge in [-0.05, 0) is 0 Å². The minimum Gasteiger partial charge on any atom is -0.285 e. The van der Waals surface area contributed by atoms with Crippen molar-refractivity contribution in [3.8, 4) is 0 Å². The lowest BCUT2D eigenvalue weighted by Crippen LogP contribution is -2.00. The third-order valence-electron chi connectivity index (χ3n) is 0.997. The lowest BCUT2D eigenvalue weighted by atomic mass is 10.5. The molecule has 0 heterocycles. The van der Waals surface area contributed by atoms with Gasteiger partial charge in [0.1, 0.15) is 0 Å². The van der Waals surface area contributed by atoms with Crippen LogP contribution < -0.4 is 0 Å². The molecule has 0 aliphatic heterocycles. The van der Waals surface area contributed by atoms with E-state index >= 15 is 0 Å². The predicted octanol–water partition coefficient (Wildman–Crippen LogP) is -0.126. The summed E-state index contributed by atoms with van der Waals surface area (Å²) in [5, 5.41) is 0. The van der Waals surface area contributed by atoms with Crippen molar-refractivity contribution in [1.29, 1.82) is 0 Å². The van der Waals surface area contributed by atoms with Crippen LogP contribution in [0.15, 0.2) is 24.3 Å². The van der Waals surface area contributed by atoms with E-state index in [0.717, 1.165) is 12.2 Å². The normalized spacial score (nSPS) is 14.1. The van der Waals surface area contributed by atoms with Crippen LogP contribution in [0.4, 0.5) is 0 Å². The molecule has 0 bridgehead atoms. The van der Waals surface area contributed by atoms with Crippen molar-refractivity contribution in [1.82, 2.24) is 0 Å². The van der Waals surface area contributed by atoms with Crippen molar-refractivity contribution in [2.75, 3.05) is 11.5 Å². The van der Waals surface area contributed by atoms with Gasteiger partial charge in [-0.15, -0.1) is 0 Å². The summed E-state index contributed by atoms with van der Waals surface area (Å²) in [5.74, 6) is -1.08. The Labute approximate surface area is 82.4 Å². The van der Waals surface area contributed by atoms with Gasteiger partial charge in [-0.2, -0.15) is 16.8 Å². The van der Waals surface area contributed by atoms with Gasteiger partial charge in [-0.25, -0.2) is 0 Å². The van der Waals surface area contributed by atoms with Gasteiger partial charge in [0, 0.05) is 0 Å². The molecular formula is C6H10O6S2. The molecule has 8 heteroatoms. The van der Waals surface area contributed by atoms with Crippen LogP contribution in [0.1, 0.15) is 0 Å². The number of hydrogen-bond donors (Lipinski definition) is 2. The van der Waals surface area contributed by atoms with E-state index in [1.54, 1.807) is 0 Å². The second kappa shape index (κ2) is 5.25. The molecule has 6 nitrogen and oxygen atoms in total. The Morgan fingerprint density at radius 1 is 0.786 bits per heavy atom. The van der Waals surface area contributed by atoms with E-state index in [1.165, 1.54) is 12.2 Å². The lowest BCUT2D eigenvalue weighted by Gasteiger charge is -1.87. The van der Waals surface area contributed by atoms with E-state index in [2.05, 4.69) is 0 Å². The van der Waals surface area contributed by atoms with Crippen LogP contribution in [0, 0.1) is 0 Å². The van der Waals surface area contributed by atoms with Crippen LogP contribution >= 0.6 is 0 Å². The fourth-order valence-electron chi connectivity index (χ4n) is 0.511. The smallest absolute Gasteiger partial charge is 0.268 e. The molecule has 0 unspecified atom stereocenters. The summed E-state index contributed by atoms with van der Waals surface area (Å²) in [6.07, 6.45) is 4.77. The van der Waals surface area contributed by atoms with E-state index < -0.39 is 31.7 Å². The molecule has 0 aliphatic carbocycles. The van der Waals surface area contributed by atoms with Gasteiger partial charge in [-0.1, -0.05) is 24.3 Å². The summed E-state index contributed by atoms with van der Waals surface area (Å²) in [6.45, 7) is 0. The van der Waals surface area contributed by atoms with Crippen molar-refractivity contribution in [3.63, 3.8) is 0 Å². The Morgan fingerprint density at radius 2 is 1.07 bits per heavy atom. The monoisotopic (exact) mass is 242 g/mol. The van der Waals surface area contributed by atoms with Crippen molar-refractivity contribution in [2.45, 2.75) is 0 Å². The summed E-state index contributed by atoms with van der Waals surface area (Å²) >= 11 is 0. The molecular weight excluding hydrogens is 232 g/mol. The molecule has 0 saturated heterocycles. The Morgan fingerprint density at radius 3 is 1.29 bits per heavy atom. The largest absolute Gasteiger partial charge is 0.285 e. The first-order chi connectivity index (χ1) is 6.21. The van der Waals surface area contributed by atoms with Gasteiger partial charge in [0.2, 0.25) is 0 Å². The maximum Gasteiger partial charge on any atom is 0.268 e. The molecule has 14 heavy (non-hydrogen) atoms. The molecule has 0 spiro atoms. The Balaban J connectivity index is 3.96. The molecule has 0 fully saturated rings. The highest BCUT2D eigenvalue weighted by Gasteiger charge is 1.98. The third kappa shape index (κ3) is 11.3. The van der Waals surface area contributed by atoms with Crippen molar-refractivity contribution in [3.05, 3.63) is 24.3 Å². The van der Waals surface area contributed by atoms with E-state index in [9.17, 15) is 16.8 Å². The second-order valence-corrected chi connectivity index (χ2v) is 5.35. The second-order valence-electron chi connectivity index (χ2n) is 2.35. The SMILES string of the molecule is O=S(=O)(O)CC=CC=CCS(=O)(=O)O. The molecule has 0 atom stereocenters. The number of hydrogen-bond acceptors (Lipinski definition) is 4. The maximum atomic E-state index is 10.2. The van der Waals surface area contributed by atoms with E-state index in [0.29, 0.717) is 0 Å². The van der Waals surface area contributed by atoms with Gasteiger partial charge in [0.25, 0.3) is 20.2 Å². The minimum absolute atomic E-state index is 0.538. The van der Waals surface area contributed by atoms with Gasteiger partial charge < -0.3 is 0 Å². The molecule has 0 aromatic carbocycles. The van der Waals surface area contributed by atoms with Gasteiger partial charge in [0.05, 0.1) is 11.5 Å². The first kappa shape index (κ1) is 13.3. The average Bonchev–Trinajstić information content (AvgIpc) is 1.92. The predicted molar refractivity (Wildman–Crippen MR) is 51.1 cm³/mol. The molecule has 0 aliphatic rings. The fraction of sp³-hybridized carbons (Fsp3) is 0.333. The third-order valence-corrected chi connectivity index (χ3v) is 2.22. The van der Waals surface area contributed by atoms with E-state index in [4.69, 9.17) is 9.11 Å². The molecule has 0 amide bonds. The molecule has 0 rings (SSSR count). The zero-order valence-electron chi connectivity index (χ0n) is 7.07.